The number of aryl methyl sites for hydroxylation is 6. The van der Waals surface area contributed by atoms with Crippen LogP contribution in [-0.4, -0.2) is 86.4 Å². The smallest absolute Gasteiger partial charge is 0.352 e. The molecule has 1 aliphatic rings. The zero-order valence-electron chi connectivity index (χ0n) is 36.8. The van der Waals surface area contributed by atoms with Crippen molar-refractivity contribution in [2.45, 2.75) is 67.0 Å². The van der Waals surface area contributed by atoms with Crippen LogP contribution in [-0.2, 0) is 13.0 Å². The number of hydrogen-bond donors (Lipinski definition) is 1. The Balaban J connectivity index is 1.31. The average molecular weight is 889 g/mol. The lowest BCUT2D eigenvalue weighted by Crippen LogP contribution is -2.43. The third-order valence-corrected chi connectivity index (χ3v) is 12.7. The maximum atomic E-state index is 15.7. The summed E-state index contributed by atoms with van der Waals surface area (Å²) < 4.78 is 16.5. The Labute approximate surface area is 377 Å². The Bertz CT molecular complexity index is 2900. The average Bonchev–Trinajstić information content (AvgIpc) is 3.76. The molecule has 4 aromatic heterocycles. The van der Waals surface area contributed by atoms with Crippen molar-refractivity contribution in [3.63, 3.8) is 0 Å². The summed E-state index contributed by atoms with van der Waals surface area (Å²) in [6.07, 6.45) is 4.39. The fourth-order valence-electron chi connectivity index (χ4n) is 8.94. The number of ether oxygens (including phenoxy) is 2. The monoisotopic (exact) mass is 887 g/mol. The van der Waals surface area contributed by atoms with Crippen molar-refractivity contribution in [1.29, 1.82) is 0 Å². The van der Waals surface area contributed by atoms with Gasteiger partial charge in [-0.1, -0.05) is 29.3 Å². The van der Waals surface area contributed by atoms with Crippen LogP contribution in [0.15, 0.2) is 67.1 Å². The van der Waals surface area contributed by atoms with Gasteiger partial charge < -0.3 is 33.5 Å². The highest BCUT2D eigenvalue weighted by Gasteiger charge is 2.38. The Morgan fingerprint density at radius 1 is 0.873 bits per heavy atom. The summed E-state index contributed by atoms with van der Waals surface area (Å²) in [6.45, 7) is 13.8. The Hall–Kier alpha value is -5.95. The van der Waals surface area contributed by atoms with Gasteiger partial charge in [-0.3, -0.25) is 9.78 Å². The zero-order valence-corrected chi connectivity index (χ0v) is 38.4. The number of nitrogens with zero attached hydrogens (tertiary/aromatic N) is 7. The topological polar surface area (TPSA) is 128 Å². The van der Waals surface area contributed by atoms with Crippen molar-refractivity contribution in [2.24, 2.45) is 0 Å². The lowest BCUT2D eigenvalue weighted by molar-refractivity contribution is 0.0686. The SMILES string of the molecule is Cc1ccnc(Cn2c(C(=O)O)cc3cc(OCCN(C)C)cc(N4C[C@@H](C)n5c(c(CCCOc6cc(C)c(Cl)c(C)c6)c6ccc(Cl)c(-c7c(C)ncnc7C)c65)C4=O)c32)c1. The number of benzene rings is 3. The largest absolute Gasteiger partial charge is 0.494 e. The van der Waals surface area contributed by atoms with Crippen molar-refractivity contribution in [3.05, 3.63) is 128 Å². The third kappa shape index (κ3) is 8.35. The minimum atomic E-state index is -1.09. The number of pyridine rings is 1. The number of carboxylic acids is 1. The first kappa shape index (κ1) is 43.7. The molecule has 0 radical (unpaired) electrons. The van der Waals surface area contributed by atoms with Crippen LogP contribution in [0, 0.1) is 34.6 Å². The molecule has 0 unspecified atom stereocenters. The van der Waals surface area contributed by atoms with Crippen LogP contribution in [0.25, 0.3) is 32.9 Å². The van der Waals surface area contributed by atoms with E-state index in [0.717, 1.165) is 66.4 Å². The van der Waals surface area contributed by atoms with Crippen LogP contribution in [0.5, 0.6) is 11.5 Å². The number of carbonyl (C=O) groups is 2. The van der Waals surface area contributed by atoms with Gasteiger partial charge in [-0.2, -0.15) is 0 Å². The van der Waals surface area contributed by atoms with Gasteiger partial charge in [0.15, 0.2) is 0 Å². The van der Waals surface area contributed by atoms with Gasteiger partial charge in [0, 0.05) is 69.7 Å². The minimum absolute atomic E-state index is 0.0773. The van der Waals surface area contributed by atoms with Crippen LogP contribution in [0.1, 0.15) is 79.7 Å². The van der Waals surface area contributed by atoms with Gasteiger partial charge in [0.2, 0.25) is 0 Å². The number of carbonyl (C=O) groups excluding carboxylic acids is 1. The third-order valence-electron chi connectivity index (χ3n) is 11.8. The summed E-state index contributed by atoms with van der Waals surface area (Å²) in [6, 6.07) is 16.7. The van der Waals surface area contributed by atoms with Gasteiger partial charge in [0.1, 0.15) is 35.8 Å². The summed E-state index contributed by atoms with van der Waals surface area (Å²) >= 11 is 13.6. The lowest BCUT2D eigenvalue weighted by Gasteiger charge is -2.35. The van der Waals surface area contributed by atoms with Gasteiger partial charge in [0.25, 0.3) is 5.91 Å². The molecule has 0 spiro atoms. The number of likely N-dealkylation sites (N-methyl/N-ethyl adjacent to an activating group) is 1. The molecule has 14 heteroatoms. The van der Waals surface area contributed by atoms with Gasteiger partial charge >= 0.3 is 5.97 Å². The summed E-state index contributed by atoms with van der Waals surface area (Å²) in [5.41, 5.74) is 10.2. The second-order valence-corrected chi connectivity index (χ2v) is 17.6. The molecule has 1 N–H and O–H groups in total. The van der Waals surface area contributed by atoms with Crippen molar-refractivity contribution in [3.8, 4) is 22.6 Å². The predicted molar refractivity (Wildman–Crippen MR) is 250 cm³/mol. The number of aromatic carboxylic acids is 1. The van der Waals surface area contributed by atoms with E-state index >= 15 is 4.79 Å². The number of rotatable bonds is 14. The van der Waals surface area contributed by atoms with Gasteiger partial charge in [-0.25, -0.2) is 14.8 Å². The molecule has 1 amide bonds. The van der Waals surface area contributed by atoms with E-state index in [1.165, 1.54) is 0 Å². The first-order valence-corrected chi connectivity index (χ1v) is 21.8. The van der Waals surface area contributed by atoms with Crippen molar-refractivity contribution in [2.75, 3.05) is 45.3 Å². The molecular formula is C49H51Cl2N7O5. The molecule has 8 rings (SSSR count). The molecule has 1 atom stereocenters. The summed E-state index contributed by atoms with van der Waals surface area (Å²) in [4.78, 5) is 46.2. The van der Waals surface area contributed by atoms with Crippen molar-refractivity contribution >= 4 is 62.6 Å². The second-order valence-electron chi connectivity index (χ2n) is 16.8. The highest BCUT2D eigenvalue weighted by Crippen LogP contribution is 2.46. The molecule has 0 aliphatic carbocycles. The van der Waals surface area contributed by atoms with E-state index in [1.54, 1.807) is 28.1 Å². The van der Waals surface area contributed by atoms with Crippen LogP contribution >= 0.6 is 23.2 Å². The van der Waals surface area contributed by atoms with Gasteiger partial charge in [0.05, 0.1) is 40.6 Å². The summed E-state index contributed by atoms with van der Waals surface area (Å²) in [7, 11) is 3.94. The molecule has 326 valence electrons. The summed E-state index contributed by atoms with van der Waals surface area (Å²) in [5.74, 6) is -0.0528. The first-order valence-electron chi connectivity index (χ1n) is 21.1. The first-order chi connectivity index (χ1) is 30.1. The molecular weight excluding hydrogens is 837 g/mol. The van der Waals surface area contributed by atoms with E-state index < -0.39 is 5.97 Å². The number of amides is 1. The molecule has 0 fully saturated rings. The second kappa shape index (κ2) is 17.7. The van der Waals surface area contributed by atoms with E-state index in [2.05, 4.69) is 26.4 Å². The van der Waals surface area contributed by atoms with E-state index in [0.29, 0.717) is 71.4 Å². The van der Waals surface area contributed by atoms with E-state index in [4.69, 9.17) is 32.7 Å². The number of fused-ring (bicyclic) bond motifs is 4. The van der Waals surface area contributed by atoms with Crippen LogP contribution in [0.2, 0.25) is 10.0 Å². The number of carboxylic acid groups (broad SMARTS) is 1. The zero-order chi connectivity index (χ0) is 44.9. The fraction of sp³-hybridized carbons (Fsp3) is 0.327. The lowest BCUT2D eigenvalue weighted by atomic mass is 9.97. The highest BCUT2D eigenvalue weighted by molar-refractivity contribution is 6.35. The summed E-state index contributed by atoms with van der Waals surface area (Å²) in [5, 5.41) is 13.4. The Morgan fingerprint density at radius 3 is 2.25 bits per heavy atom. The number of anilines is 1. The van der Waals surface area contributed by atoms with E-state index in [1.807, 2.05) is 102 Å². The number of halogens is 2. The van der Waals surface area contributed by atoms with E-state index in [9.17, 15) is 9.90 Å². The highest BCUT2D eigenvalue weighted by atomic mass is 35.5. The van der Waals surface area contributed by atoms with Crippen LogP contribution in [0.3, 0.4) is 0 Å². The van der Waals surface area contributed by atoms with Crippen LogP contribution in [0.4, 0.5) is 5.69 Å². The van der Waals surface area contributed by atoms with Crippen molar-refractivity contribution < 1.29 is 24.2 Å². The van der Waals surface area contributed by atoms with Gasteiger partial charge in [-0.15, -0.1) is 0 Å². The minimum Gasteiger partial charge on any atom is -0.494 e. The molecule has 7 aromatic rings. The van der Waals surface area contributed by atoms with Gasteiger partial charge in [-0.05, 0) is 133 Å². The maximum Gasteiger partial charge on any atom is 0.352 e. The maximum absolute atomic E-state index is 15.7. The predicted octanol–water partition coefficient (Wildman–Crippen LogP) is 10.2. The van der Waals surface area contributed by atoms with Crippen LogP contribution < -0.4 is 14.4 Å². The Morgan fingerprint density at radius 2 is 1.57 bits per heavy atom. The molecule has 0 bridgehead atoms. The molecule has 63 heavy (non-hydrogen) atoms. The standard InChI is InChI=1S/C49H51Cl2N7O5/c1-27-13-14-52-34(18-27)25-56-41(49(60)61)22-33-21-36(63-17-15-55(7)8)23-40(45(33)56)57-24-30(4)58-46-38(11-12-39(50)43(46)42-31(5)53-26-54-32(42)6)37(47(58)48(57)59)10-9-16-62-35-19-28(2)44(51)29(3)20-35/h11-14,18-23,26,30H,9-10,15-17,24-25H2,1-8H3,(H,60,61)/t30-/m1/s1. The molecule has 5 heterocycles. The quantitative estimate of drug-likeness (QED) is 0.106. The molecule has 3 aromatic carbocycles. The normalized spacial score (nSPS) is 14.0. The molecule has 12 nitrogen and oxygen atoms in total. The van der Waals surface area contributed by atoms with E-state index in [-0.39, 0.29) is 30.7 Å². The molecule has 1 aliphatic heterocycles. The Kier molecular flexibility index (Phi) is 12.3. The van der Waals surface area contributed by atoms with Crippen molar-refractivity contribution in [1.82, 2.24) is 29.0 Å². The number of aromatic nitrogens is 5. The molecule has 0 saturated carbocycles. The fourth-order valence-corrected chi connectivity index (χ4v) is 9.30. The molecule has 0 saturated heterocycles. The number of hydrogen-bond acceptors (Lipinski definition) is 8.